The van der Waals surface area contributed by atoms with Crippen LogP contribution >= 0.6 is 0 Å². The molecule has 0 saturated carbocycles. The molecule has 0 unspecified atom stereocenters. The van der Waals surface area contributed by atoms with Gasteiger partial charge in [-0.3, -0.25) is 9.59 Å². The largest absolute Gasteiger partial charge is 0.478 e. The van der Waals surface area contributed by atoms with Crippen LogP contribution in [0.15, 0.2) is 54.6 Å². The van der Waals surface area contributed by atoms with Crippen molar-refractivity contribution in [2.45, 2.75) is 168 Å². The molecule has 0 aliphatic heterocycles. The molecule has 55 heavy (non-hydrogen) atoms. The zero-order valence-electron chi connectivity index (χ0n) is 34.0. The van der Waals surface area contributed by atoms with Gasteiger partial charge in [-0.1, -0.05) is 179 Å². The van der Waals surface area contributed by atoms with E-state index in [1.807, 2.05) is 0 Å². The van der Waals surface area contributed by atoms with Gasteiger partial charge in [0.05, 0.1) is 24.3 Å². The van der Waals surface area contributed by atoms with Crippen molar-refractivity contribution in [3.05, 3.63) is 71.3 Å². The van der Waals surface area contributed by atoms with E-state index in [-0.39, 0.29) is 24.3 Å². The van der Waals surface area contributed by atoms with Crippen LogP contribution in [0.3, 0.4) is 0 Å². The molecule has 1 N–H and O–H groups in total. The van der Waals surface area contributed by atoms with Gasteiger partial charge in [-0.2, -0.15) is 0 Å². The maximum Gasteiger partial charge on any atom is 0.343 e. The van der Waals surface area contributed by atoms with Gasteiger partial charge in [-0.15, -0.1) is 0 Å². The van der Waals surface area contributed by atoms with Crippen LogP contribution in [-0.2, 0) is 19.1 Å². The first-order chi connectivity index (χ1) is 26.8. The number of esters is 3. The van der Waals surface area contributed by atoms with Crippen molar-refractivity contribution >= 4 is 30.0 Å². The van der Waals surface area contributed by atoms with E-state index in [1.54, 1.807) is 30.3 Å². The number of hydrogen-bond acceptors (Lipinski definition) is 7. The van der Waals surface area contributed by atoms with Crippen LogP contribution in [0.2, 0.25) is 0 Å². The molecule has 0 amide bonds. The first kappa shape index (κ1) is 47.2. The summed E-state index contributed by atoms with van der Waals surface area (Å²) in [7, 11) is 0. The van der Waals surface area contributed by atoms with E-state index in [0.29, 0.717) is 11.3 Å². The topological polar surface area (TPSA) is 116 Å². The predicted octanol–water partition coefficient (Wildman–Crippen LogP) is 12.7. The number of benzene rings is 2. The molecule has 0 aromatic heterocycles. The summed E-state index contributed by atoms with van der Waals surface area (Å²) < 4.78 is 16.6. The molecule has 8 heteroatoms. The van der Waals surface area contributed by atoms with E-state index in [0.717, 1.165) is 38.5 Å². The van der Waals surface area contributed by atoms with Crippen molar-refractivity contribution in [1.29, 1.82) is 0 Å². The lowest BCUT2D eigenvalue weighted by Gasteiger charge is -2.13. The van der Waals surface area contributed by atoms with Crippen LogP contribution in [0.4, 0.5) is 0 Å². The maximum atomic E-state index is 13.1. The number of unbranched alkanes of at least 4 members (excludes halogenated alkanes) is 22. The number of carbonyl (C=O) groups excluding carboxylic acids is 3. The van der Waals surface area contributed by atoms with E-state index in [1.165, 1.54) is 146 Å². The Balaban J connectivity index is 1.82. The summed E-state index contributed by atoms with van der Waals surface area (Å²) in [5.41, 5.74) is 0.992. The van der Waals surface area contributed by atoms with Crippen molar-refractivity contribution in [2.24, 2.45) is 5.92 Å². The zero-order valence-corrected chi connectivity index (χ0v) is 34.0. The SMILES string of the molecule is CCCCCCCCCCCCCCOC(=O)C(/C=C/c1ccc(OC(=O)c2ccc(C(=O)O)cc2)cc1)C(=O)OCCCCCCCCCCCCCC. The Kier molecular flexibility index (Phi) is 26.9. The van der Waals surface area contributed by atoms with Gasteiger partial charge in [-0.05, 0) is 54.8 Å². The minimum absolute atomic E-state index is 0.0763. The number of carboxylic acid groups (broad SMARTS) is 1. The van der Waals surface area contributed by atoms with Crippen molar-refractivity contribution < 1.29 is 38.5 Å². The lowest BCUT2D eigenvalue weighted by Crippen LogP contribution is -2.27. The average Bonchev–Trinajstić information content (AvgIpc) is 3.19. The number of carbonyl (C=O) groups is 4. The first-order valence-corrected chi connectivity index (χ1v) is 21.5. The highest BCUT2D eigenvalue weighted by Crippen LogP contribution is 2.19. The molecule has 2 aromatic rings. The van der Waals surface area contributed by atoms with E-state index in [2.05, 4.69) is 13.8 Å². The fourth-order valence-electron chi connectivity index (χ4n) is 6.43. The molecule has 0 saturated heterocycles. The summed E-state index contributed by atoms with van der Waals surface area (Å²) in [6.07, 6.45) is 32.3. The quantitative estimate of drug-likeness (QED) is 0.0331. The summed E-state index contributed by atoms with van der Waals surface area (Å²) in [4.78, 5) is 49.9. The second kappa shape index (κ2) is 31.3. The zero-order chi connectivity index (χ0) is 39.8. The fraction of sp³-hybridized carbons (Fsp3) is 0.617. The van der Waals surface area contributed by atoms with Crippen molar-refractivity contribution in [2.75, 3.05) is 13.2 Å². The molecule has 0 aliphatic carbocycles. The maximum absolute atomic E-state index is 13.1. The molecule has 306 valence electrons. The summed E-state index contributed by atoms with van der Waals surface area (Å²) >= 11 is 0. The smallest absolute Gasteiger partial charge is 0.343 e. The Morgan fingerprint density at radius 1 is 0.509 bits per heavy atom. The predicted molar refractivity (Wildman–Crippen MR) is 221 cm³/mol. The number of rotatable bonds is 33. The average molecular weight is 763 g/mol. The third kappa shape index (κ3) is 22.9. The fourth-order valence-corrected chi connectivity index (χ4v) is 6.43. The van der Waals surface area contributed by atoms with Gasteiger partial charge in [0.15, 0.2) is 5.92 Å². The van der Waals surface area contributed by atoms with Crippen molar-refractivity contribution in [3.8, 4) is 5.75 Å². The van der Waals surface area contributed by atoms with E-state index >= 15 is 0 Å². The standard InChI is InChI=1S/C47H70O8/c1-3-5-7-9-11-13-15-17-19-21-23-25-37-53-46(51)43(47(52)54-38-26-24-22-20-18-16-14-12-10-8-6-4-2)36-29-39-27-34-42(35-28-39)55-45(50)41-32-30-40(31-33-41)44(48)49/h27-36,43H,3-26,37-38H2,1-2H3,(H,48,49)/b36-29+. The molecule has 8 nitrogen and oxygen atoms in total. The molecule has 2 aromatic carbocycles. The highest BCUT2D eigenvalue weighted by atomic mass is 16.6. The van der Waals surface area contributed by atoms with E-state index in [4.69, 9.17) is 19.3 Å². The van der Waals surface area contributed by atoms with Gasteiger partial charge < -0.3 is 19.3 Å². The van der Waals surface area contributed by atoms with Crippen LogP contribution in [0, 0.1) is 5.92 Å². The van der Waals surface area contributed by atoms with Crippen LogP contribution in [0.1, 0.15) is 194 Å². The van der Waals surface area contributed by atoms with Gasteiger partial charge in [0.25, 0.3) is 0 Å². The Morgan fingerprint density at radius 2 is 0.873 bits per heavy atom. The van der Waals surface area contributed by atoms with Gasteiger partial charge in [-0.25, -0.2) is 9.59 Å². The number of carboxylic acids is 1. The normalized spacial score (nSPS) is 11.3. The number of hydrogen-bond donors (Lipinski definition) is 1. The summed E-state index contributed by atoms with van der Waals surface area (Å²) in [6, 6.07) is 12.1. The summed E-state index contributed by atoms with van der Waals surface area (Å²) in [5.74, 6) is -3.80. The lowest BCUT2D eigenvalue weighted by atomic mass is 10.1. The molecule has 0 fully saturated rings. The Morgan fingerprint density at radius 3 is 1.25 bits per heavy atom. The first-order valence-electron chi connectivity index (χ1n) is 21.5. The second-order valence-electron chi connectivity index (χ2n) is 14.8. The molecule has 0 spiro atoms. The van der Waals surface area contributed by atoms with Crippen LogP contribution in [0.25, 0.3) is 6.08 Å². The molecule has 0 aliphatic rings. The Bertz CT molecular complexity index is 1310. The lowest BCUT2D eigenvalue weighted by molar-refractivity contribution is -0.159. The summed E-state index contributed by atoms with van der Waals surface area (Å²) in [5, 5.41) is 9.07. The minimum Gasteiger partial charge on any atom is -0.478 e. The van der Waals surface area contributed by atoms with Crippen molar-refractivity contribution in [3.63, 3.8) is 0 Å². The molecular formula is C47H70O8. The minimum atomic E-state index is -1.18. The van der Waals surface area contributed by atoms with Gasteiger partial charge in [0, 0.05) is 0 Å². The van der Waals surface area contributed by atoms with Crippen LogP contribution in [-0.4, -0.2) is 42.2 Å². The molecule has 0 bridgehead atoms. The molecule has 0 heterocycles. The molecule has 0 radical (unpaired) electrons. The van der Waals surface area contributed by atoms with Gasteiger partial charge in [0.1, 0.15) is 5.75 Å². The molecular weight excluding hydrogens is 693 g/mol. The van der Waals surface area contributed by atoms with E-state index < -0.39 is 29.8 Å². The number of ether oxygens (including phenoxy) is 3. The highest BCUT2D eigenvalue weighted by molar-refractivity contribution is 5.98. The van der Waals surface area contributed by atoms with Gasteiger partial charge in [0.2, 0.25) is 0 Å². The third-order valence-corrected chi connectivity index (χ3v) is 9.93. The van der Waals surface area contributed by atoms with Crippen molar-refractivity contribution in [1.82, 2.24) is 0 Å². The van der Waals surface area contributed by atoms with Gasteiger partial charge >= 0.3 is 23.9 Å². The van der Waals surface area contributed by atoms with Crippen LogP contribution < -0.4 is 4.74 Å². The molecule has 0 atom stereocenters. The number of aromatic carboxylic acids is 1. The Labute approximate surface area is 331 Å². The monoisotopic (exact) mass is 763 g/mol. The second-order valence-corrected chi connectivity index (χ2v) is 14.8. The van der Waals surface area contributed by atoms with Crippen LogP contribution in [0.5, 0.6) is 5.75 Å². The highest BCUT2D eigenvalue weighted by Gasteiger charge is 2.27. The van der Waals surface area contributed by atoms with E-state index in [9.17, 15) is 19.2 Å². The summed E-state index contributed by atoms with van der Waals surface area (Å²) in [6.45, 7) is 5.03. The third-order valence-electron chi connectivity index (χ3n) is 9.93. The Hall–Kier alpha value is -3.94. The molecule has 2 rings (SSSR count).